The molecule has 0 aliphatic carbocycles. The van der Waals surface area contributed by atoms with Crippen LogP contribution in [0.4, 0.5) is 0 Å². The number of aromatic nitrogens is 2. The molecule has 2 rings (SSSR count). The Morgan fingerprint density at radius 2 is 2.50 bits per heavy atom. The molecule has 0 saturated heterocycles. The highest BCUT2D eigenvalue weighted by Gasteiger charge is 2.13. The summed E-state index contributed by atoms with van der Waals surface area (Å²) in [5.74, 6) is 0.669. The minimum absolute atomic E-state index is 0.0175. The fourth-order valence-electron chi connectivity index (χ4n) is 1.19. The fourth-order valence-corrected chi connectivity index (χ4v) is 1.65. The second-order valence-electron chi connectivity index (χ2n) is 2.89. The predicted octanol–water partition coefficient (Wildman–Crippen LogP) is 1.86. The Morgan fingerprint density at radius 3 is 3.07 bits per heavy atom. The molecule has 2 heterocycles. The predicted molar refractivity (Wildman–Crippen MR) is 51.4 cm³/mol. The van der Waals surface area contributed by atoms with Crippen molar-refractivity contribution in [1.29, 1.82) is 0 Å². The maximum Gasteiger partial charge on any atom is 0.172 e. The Morgan fingerprint density at radius 1 is 1.64 bits per heavy atom. The molecule has 2 aromatic heterocycles. The summed E-state index contributed by atoms with van der Waals surface area (Å²) in [5, 5.41) is 5.58. The first-order valence-electron chi connectivity index (χ1n) is 4.10. The monoisotopic (exact) mass is 208 g/mol. The van der Waals surface area contributed by atoms with Crippen molar-refractivity contribution in [2.75, 3.05) is 0 Å². The van der Waals surface area contributed by atoms with Crippen LogP contribution < -0.4 is 0 Å². The standard InChI is InChI=1S/C9H8N2O2S/c1-6-8(2-3-13-6)9(12)4-7-5-14-11-10-7/h2-3,5H,4H2,1H3. The third-order valence-corrected chi connectivity index (χ3v) is 2.46. The van der Waals surface area contributed by atoms with Crippen molar-refractivity contribution >= 4 is 17.3 Å². The van der Waals surface area contributed by atoms with Crippen molar-refractivity contribution in [2.24, 2.45) is 0 Å². The molecular weight excluding hydrogens is 200 g/mol. The summed E-state index contributed by atoms with van der Waals surface area (Å²) in [7, 11) is 0. The van der Waals surface area contributed by atoms with E-state index in [4.69, 9.17) is 4.42 Å². The number of hydrogen-bond donors (Lipinski definition) is 0. The first-order valence-corrected chi connectivity index (χ1v) is 4.94. The lowest BCUT2D eigenvalue weighted by Gasteiger charge is -1.94. The van der Waals surface area contributed by atoms with E-state index in [-0.39, 0.29) is 12.2 Å². The molecule has 0 saturated carbocycles. The third-order valence-electron chi connectivity index (χ3n) is 1.91. The minimum Gasteiger partial charge on any atom is -0.469 e. The summed E-state index contributed by atoms with van der Waals surface area (Å²) >= 11 is 1.25. The van der Waals surface area contributed by atoms with E-state index in [9.17, 15) is 4.79 Å². The topological polar surface area (TPSA) is 56.0 Å². The molecule has 0 amide bonds. The van der Waals surface area contributed by atoms with Crippen LogP contribution >= 0.6 is 11.5 Å². The second kappa shape index (κ2) is 3.71. The highest BCUT2D eigenvalue weighted by atomic mass is 32.1. The van der Waals surface area contributed by atoms with Crippen molar-refractivity contribution in [1.82, 2.24) is 9.59 Å². The van der Waals surface area contributed by atoms with E-state index in [0.29, 0.717) is 17.0 Å². The lowest BCUT2D eigenvalue weighted by molar-refractivity contribution is 0.0990. The molecule has 4 nitrogen and oxygen atoms in total. The third kappa shape index (κ3) is 1.72. The van der Waals surface area contributed by atoms with Gasteiger partial charge in [-0.05, 0) is 24.5 Å². The van der Waals surface area contributed by atoms with Gasteiger partial charge < -0.3 is 4.42 Å². The van der Waals surface area contributed by atoms with Gasteiger partial charge in [0.1, 0.15) is 5.76 Å². The van der Waals surface area contributed by atoms with Crippen LogP contribution in [-0.4, -0.2) is 15.4 Å². The van der Waals surface area contributed by atoms with E-state index in [1.165, 1.54) is 17.8 Å². The number of nitrogens with zero attached hydrogens (tertiary/aromatic N) is 2. The van der Waals surface area contributed by atoms with Crippen LogP contribution in [0.1, 0.15) is 21.8 Å². The van der Waals surface area contributed by atoms with Crippen molar-refractivity contribution in [3.63, 3.8) is 0 Å². The number of Topliss-reactive ketones (excluding diaryl/α,β-unsaturated/α-hetero) is 1. The molecule has 0 radical (unpaired) electrons. The van der Waals surface area contributed by atoms with Crippen LogP contribution in [0.5, 0.6) is 0 Å². The lowest BCUT2D eigenvalue weighted by Crippen LogP contribution is -2.03. The number of hydrogen-bond acceptors (Lipinski definition) is 5. The number of carbonyl (C=O) groups is 1. The Labute approximate surface area is 84.7 Å². The van der Waals surface area contributed by atoms with Gasteiger partial charge in [0.15, 0.2) is 5.78 Å². The highest BCUT2D eigenvalue weighted by molar-refractivity contribution is 7.03. The summed E-state index contributed by atoms with van der Waals surface area (Å²) in [5.41, 5.74) is 1.33. The van der Waals surface area contributed by atoms with Crippen LogP contribution in [0.3, 0.4) is 0 Å². The van der Waals surface area contributed by atoms with Gasteiger partial charge >= 0.3 is 0 Å². The van der Waals surface area contributed by atoms with E-state index in [2.05, 4.69) is 9.59 Å². The lowest BCUT2D eigenvalue weighted by atomic mass is 10.1. The van der Waals surface area contributed by atoms with Crippen LogP contribution in [0.25, 0.3) is 0 Å². The molecule has 0 aliphatic rings. The molecule has 5 heteroatoms. The Balaban J connectivity index is 2.14. The van der Waals surface area contributed by atoms with Crippen LogP contribution in [0.15, 0.2) is 22.1 Å². The van der Waals surface area contributed by atoms with Gasteiger partial charge in [-0.2, -0.15) is 0 Å². The molecule has 0 N–H and O–H groups in total. The van der Waals surface area contributed by atoms with Crippen LogP contribution in [0, 0.1) is 6.92 Å². The van der Waals surface area contributed by atoms with Gasteiger partial charge in [-0.25, -0.2) is 0 Å². The van der Waals surface area contributed by atoms with E-state index < -0.39 is 0 Å². The van der Waals surface area contributed by atoms with E-state index >= 15 is 0 Å². The van der Waals surface area contributed by atoms with Crippen LogP contribution in [-0.2, 0) is 6.42 Å². The number of aryl methyl sites for hydroxylation is 1. The summed E-state index contributed by atoms with van der Waals surface area (Å²) in [6, 6.07) is 1.68. The van der Waals surface area contributed by atoms with Gasteiger partial charge in [0.05, 0.1) is 23.9 Å². The molecule has 0 atom stereocenters. The van der Waals surface area contributed by atoms with Gasteiger partial charge in [0.25, 0.3) is 0 Å². The zero-order valence-electron chi connectivity index (χ0n) is 7.56. The molecule has 0 unspecified atom stereocenters. The number of furan rings is 1. The van der Waals surface area contributed by atoms with E-state index in [1.54, 1.807) is 18.4 Å². The van der Waals surface area contributed by atoms with Crippen molar-refractivity contribution in [2.45, 2.75) is 13.3 Å². The van der Waals surface area contributed by atoms with Gasteiger partial charge in [-0.1, -0.05) is 4.49 Å². The molecule has 0 spiro atoms. The summed E-state index contributed by atoms with van der Waals surface area (Å²) in [6.45, 7) is 1.77. The summed E-state index contributed by atoms with van der Waals surface area (Å²) in [4.78, 5) is 11.7. The van der Waals surface area contributed by atoms with E-state index in [1.807, 2.05) is 0 Å². The van der Waals surface area contributed by atoms with E-state index in [0.717, 1.165) is 0 Å². The Bertz CT molecular complexity index is 433. The highest BCUT2D eigenvalue weighted by Crippen LogP contribution is 2.12. The molecule has 0 aliphatic heterocycles. The maximum atomic E-state index is 11.7. The molecule has 72 valence electrons. The first-order chi connectivity index (χ1) is 6.77. The average molecular weight is 208 g/mol. The first kappa shape index (κ1) is 9.08. The molecule has 0 fully saturated rings. The van der Waals surface area contributed by atoms with Crippen molar-refractivity contribution in [3.05, 3.63) is 34.7 Å². The largest absolute Gasteiger partial charge is 0.469 e. The summed E-state index contributed by atoms with van der Waals surface area (Å²) < 4.78 is 8.75. The quantitative estimate of drug-likeness (QED) is 0.722. The van der Waals surface area contributed by atoms with Crippen LogP contribution in [0.2, 0.25) is 0 Å². The summed E-state index contributed by atoms with van der Waals surface area (Å²) in [6.07, 6.45) is 1.80. The molecule has 0 aromatic carbocycles. The molecular formula is C9H8N2O2S. The zero-order valence-corrected chi connectivity index (χ0v) is 8.37. The molecule has 14 heavy (non-hydrogen) atoms. The average Bonchev–Trinajstić information content (AvgIpc) is 2.75. The number of ketones is 1. The molecule has 0 bridgehead atoms. The zero-order chi connectivity index (χ0) is 9.97. The van der Waals surface area contributed by atoms with Crippen molar-refractivity contribution in [3.8, 4) is 0 Å². The van der Waals surface area contributed by atoms with Crippen molar-refractivity contribution < 1.29 is 9.21 Å². The van der Waals surface area contributed by atoms with Gasteiger partial charge in [-0.3, -0.25) is 4.79 Å². The number of carbonyl (C=O) groups excluding carboxylic acids is 1. The minimum atomic E-state index is 0.0175. The Hall–Kier alpha value is -1.49. The normalized spacial score (nSPS) is 10.4. The SMILES string of the molecule is Cc1occc1C(=O)Cc1csnn1. The fraction of sp³-hybridized carbons (Fsp3) is 0.222. The molecule has 2 aromatic rings. The number of rotatable bonds is 3. The van der Waals surface area contributed by atoms with Gasteiger partial charge in [0.2, 0.25) is 0 Å². The van der Waals surface area contributed by atoms with Gasteiger partial charge in [0, 0.05) is 5.38 Å². The Kier molecular flexibility index (Phi) is 2.41. The second-order valence-corrected chi connectivity index (χ2v) is 3.50. The van der Waals surface area contributed by atoms with Gasteiger partial charge in [-0.15, -0.1) is 5.10 Å². The maximum absolute atomic E-state index is 11.7. The smallest absolute Gasteiger partial charge is 0.172 e.